The second-order valence-corrected chi connectivity index (χ2v) is 3.46. The fraction of sp³-hybridized carbons (Fsp3) is 0.0769. The number of carbonyl (C=O) groups is 2. The molecule has 1 heterocycles. The van der Waals surface area contributed by atoms with Gasteiger partial charge in [0, 0.05) is 24.4 Å². The van der Waals surface area contributed by atoms with Crippen LogP contribution in [0.3, 0.4) is 0 Å². The van der Waals surface area contributed by atoms with Crippen LogP contribution in [0.5, 0.6) is 0 Å². The number of nitrogens with zero attached hydrogens (tertiary/aromatic N) is 1. The number of benzene rings is 1. The molecular weight excluding hydrogens is 202 g/mol. The number of aromatic nitrogens is 1. The van der Waals surface area contributed by atoms with Crippen molar-refractivity contribution in [2.24, 2.45) is 0 Å². The highest BCUT2D eigenvalue weighted by Crippen LogP contribution is 2.07. The van der Waals surface area contributed by atoms with Crippen LogP contribution in [0, 0.1) is 0 Å². The normalized spacial score (nSPS) is 10.0. The van der Waals surface area contributed by atoms with Crippen molar-refractivity contribution in [1.82, 2.24) is 4.57 Å². The van der Waals surface area contributed by atoms with Gasteiger partial charge in [-0.1, -0.05) is 12.1 Å². The van der Waals surface area contributed by atoms with Gasteiger partial charge in [-0.2, -0.15) is 0 Å². The minimum absolute atomic E-state index is 0.0670. The molecule has 0 unspecified atom stereocenters. The Morgan fingerprint density at radius 3 is 2.31 bits per heavy atom. The van der Waals surface area contributed by atoms with E-state index in [9.17, 15) is 9.59 Å². The second-order valence-electron chi connectivity index (χ2n) is 3.46. The van der Waals surface area contributed by atoms with Crippen LogP contribution < -0.4 is 0 Å². The summed E-state index contributed by atoms with van der Waals surface area (Å²) >= 11 is 0. The van der Waals surface area contributed by atoms with Gasteiger partial charge in [-0.3, -0.25) is 9.36 Å². The minimum atomic E-state index is -0.0670. The highest BCUT2D eigenvalue weighted by molar-refractivity contribution is 5.95. The molecule has 2 aromatic rings. The van der Waals surface area contributed by atoms with E-state index in [-0.39, 0.29) is 5.91 Å². The Balaban J connectivity index is 2.22. The number of rotatable bonds is 3. The van der Waals surface area contributed by atoms with Crippen molar-refractivity contribution < 1.29 is 9.59 Å². The molecule has 0 bridgehead atoms. The molecule has 0 atom stereocenters. The largest absolute Gasteiger partial charge is 0.303 e. The summed E-state index contributed by atoms with van der Waals surface area (Å²) in [6, 6.07) is 10.7. The van der Waals surface area contributed by atoms with E-state index in [4.69, 9.17) is 0 Å². The van der Waals surface area contributed by atoms with Crippen LogP contribution in [0.2, 0.25) is 0 Å². The molecule has 1 aromatic carbocycles. The average molecular weight is 213 g/mol. The Morgan fingerprint density at radius 2 is 1.75 bits per heavy atom. The third kappa shape index (κ3) is 2.08. The maximum atomic E-state index is 11.9. The summed E-state index contributed by atoms with van der Waals surface area (Å²) in [6.45, 7) is 0. The summed E-state index contributed by atoms with van der Waals surface area (Å²) in [6.07, 6.45) is 4.66. The molecule has 3 nitrogen and oxygen atoms in total. The maximum absolute atomic E-state index is 11.9. The first-order valence-corrected chi connectivity index (χ1v) is 5.01. The van der Waals surface area contributed by atoms with Crippen LogP contribution in [0.25, 0.3) is 0 Å². The van der Waals surface area contributed by atoms with Gasteiger partial charge in [0.05, 0.1) is 0 Å². The molecule has 0 saturated heterocycles. The Hall–Kier alpha value is -2.16. The van der Waals surface area contributed by atoms with Crippen LogP contribution in [-0.4, -0.2) is 16.8 Å². The van der Waals surface area contributed by atoms with Crippen LogP contribution in [0.15, 0.2) is 48.8 Å². The predicted octanol–water partition coefficient (Wildman–Crippen LogP) is 1.92. The van der Waals surface area contributed by atoms with Crippen molar-refractivity contribution in [3.8, 4) is 0 Å². The van der Waals surface area contributed by atoms with Gasteiger partial charge in [-0.15, -0.1) is 0 Å². The van der Waals surface area contributed by atoms with Crippen LogP contribution in [-0.2, 0) is 11.2 Å². The molecule has 16 heavy (non-hydrogen) atoms. The monoisotopic (exact) mass is 213 g/mol. The van der Waals surface area contributed by atoms with Crippen molar-refractivity contribution in [3.05, 3.63) is 59.9 Å². The number of hydrogen-bond donors (Lipinski definition) is 0. The van der Waals surface area contributed by atoms with E-state index in [1.54, 1.807) is 48.8 Å². The first-order chi connectivity index (χ1) is 7.81. The molecule has 0 aliphatic carbocycles. The highest BCUT2D eigenvalue weighted by atomic mass is 16.2. The number of hydrogen-bond acceptors (Lipinski definition) is 2. The van der Waals surface area contributed by atoms with Gasteiger partial charge in [0.25, 0.3) is 5.91 Å². The first-order valence-electron chi connectivity index (χ1n) is 5.01. The minimum Gasteiger partial charge on any atom is -0.303 e. The summed E-state index contributed by atoms with van der Waals surface area (Å²) in [7, 11) is 0. The van der Waals surface area contributed by atoms with Crippen molar-refractivity contribution in [2.75, 3.05) is 0 Å². The zero-order valence-electron chi connectivity index (χ0n) is 8.67. The van der Waals surface area contributed by atoms with Gasteiger partial charge >= 0.3 is 0 Å². The van der Waals surface area contributed by atoms with Gasteiger partial charge < -0.3 is 4.79 Å². The van der Waals surface area contributed by atoms with Crippen molar-refractivity contribution >= 4 is 12.2 Å². The summed E-state index contributed by atoms with van der Waals surface area (Å²) in [5, 5.41) is 0. The number of aldehydes is 1. The molecule has 0 saturated carbocycles. The topological polar surface area (TPSA) is 39.1 Å². The third-order valence-electron chi connectivity index (χ3n) is 2.36. The van der Waals surface area contributed by atoms with Crippen LogP contribution >= 0.6 is 0 Å². The highest BCUT2D eigenvalue weighted by Gasteiger charge is 2.06. The van der Waals surface area contributed by atoms with Crippen molar-refractivity contribution in [2.45, 2.75) is 6.42 Å². The van der Waals surface area contributed by atoms with E-state index in [1.807, 2.05) is 0 Å². The summed E-state index contributed by atoms with van der Waals surface area (Å²) in [5.41, 5.74) is 1.53. The van der Waals surface area contributed by atoms with E-state index in [2.05, 4.69) is 0 Å². The maximum Gasteiger partial charge on any atom is 0.261 e. The van der Waals surface area contributed by atoms with Crippen molar-refractivity contribution in [1.29, 1.82) is 0 Å². The SMILES string of the molecule is O=CCc1ccc(C(=O)n2cccc2)cc1. The van der Waals surface area contributed by atoms with Gasteiger partial charge in [0.15, 0.2) is 0 Å². The zero-order valence-corrected chi connectivity index (χ0v) is 8.67. The Bertz CT molecular complexity index is 483. The van der Waals surface area contributed by atoms with Gasteiger partial charge in [-0.05, 0) is 29.8 Å². The molecule has 0 radical (unpaired) electrons. The first kappa shape index (κ1) is 10.4. The predicted molar refractivity (Wildman–Crippen MR) is 60.4 cm³/mol. The van der Waals surface area contributed by atoms with Gasteiger partial charge in [0.1, 0.15) is 6.29 Å². The molecule has 2 rings (SSSR count). The lowest BCUT2D eigenvalue weighted by Crippen LogP contribution is -2.09. The molecule has 1 aromatic heterocycles. The summed E-state index contributed by atoms with van der Waals surface area (Å²) in [4.78, 5) is 22.2. The van der Waals surface area contributed by atoms with Gasteiger partial charge in [-0.25, -0.2) is 0 Å². The average Bonchev–Trinajstić information content (AvgIpc) is 2.83. The second kappa shape index (κ2) is 4.57. The van der Waals surface area contributed by atoms with Crippen LogP contribution in [0.4, 0.5) is 0 Å². The molecule has 0 N–H and O–H groups in total. The molecular formula is C13H11NO2. The quantitative estimate of drug-likeness (QED) is 0.730. The summed E-state index contributed by atoms with van der Waals surface area (Å²) < 4.78 is 1.52. The van der Waals surface area contributed by atoms with E-state index in [1.165, 1.54) is 4.57 Å². The lowest BCUT2D eigenvalue weighted by atomic mass is 10.1. The lowest BCUT2D eigenvalue weighted by Gasteiger charge is -2.02. The van der Waals surface area contributed by atoms with E-state index in [0.29, 0.717) is 12.0 Å². The number of carbonyl (C=O) groups excluding carboxylic acids is 2. The molecule has 3 heteroatoms. The Morgan fingerprint density at radius 1 is 1.12 bits per heavy atom. The molecule has 0 spiro atoms. The molecule has 0 fully saturated rings. The fourth-order valence-corrected chi connectivity index (χ4v) is 1.50. The standard InChI is InChI=1S/C13H11NO2/c15-10-7-11-3-5-12(6-4-11)13(16)14-8-1-2-9-14/h1-6,8-10H,7H2. The molecule has 0 aliphatic rings. The van der Waals surface area contributed by atoms with E-state index < -0.39 is 0 Å². The molecule has 80 valence electrons. The fourth-order valence-electron chi connectivity index (χ4n) is 1.50. The van der Waals surface area contributed by atoms with Gasteiger partial charge in [0.2, 0.25) is 0 Å². The smallest absolute Gasteiger partial charge is 0.261 e. The molecule has 0 aliphatic heterocycles. The summed E-state index contributed by atoms with van der Waals surface area (Å²) in [5.74, 6) is -0.0670. The van der Waals surface area contributed by atoms with Crippen LogP contribution in [0.1, 0.15) is 15.9 Å². The third-order valence-corrected chi connectivity index (χ3v) is 2.36. The Labute approximate surface area is 93.3 Å². The zero-order chi connectivity index (χ0) is 11.4. The van der Waals surface area contributed by atoms with E-state index >= 15 is 0 Å². The Kier molecular flexibility index (Phi) is 2.96. The molecule has 0 amide bonds. The van der Waals surface area contributed by atoms with E-state index in [0.717, 1.165) is 11.8 Å². The van der Waals surface area contributed by atoms with Crippen molar-refractivity contribution in [3.63, 3.8) is 0 Å². The lowest BCUT2D eigenvalue weighted by molar-refractivity contribution is -0.107.